The third-order valence-corrected chi connectivity index (χ3v) is 5.03. The predicted molar refractivity (Wildman–Crippen MR) is 81.1 cm³/mol. The van der Waals surface area contributed by atoms with Crippen molar-refractivity contribution in [2.24, 2.45) is 11.8 Å². The molecule has 1 heterocycles. The average Bonchev–Trinajstić information content (AvgIpc) is 3.17. The van der Waals surface area contributed by atoms with Gasteiger partial charge in [0.25, 0.3) is 0 Å². The number of likely N-dealkylation sites (tertiary alicyclic amines) is 1. The van der Waals surface area contributed by atoms with E-state index in [9.17, 15) is 14.4 Å². The fraction of sp³-hybridized carbons (Fsp3) is 0.812. The lowest BCUT2D eigenvalue weighted by atomic mass is 10.0. The summed E-state index contributed by atoms with van der Waals surface area (Å²) in [6.07, 6.45) is 3.16. The number of carbonyl (C=O) groups is 3. The van der Waals surface area contributed by atoms with E-state index < -0.39 is 11.9 Å². The van der Waals surface area contributed by atoms with E-state index in [2.05, 4.69) is 0 Å². The number of amides is 2. The van der Waals surface area contributed by atoms with Crippen molar-refractivity contribution < 1.29 is 19.5 Å². The molecule has 22 heavy (non-hydrogen) atoms. The Morgan fingerprint density at radius 2 is 1.73 bits per heavy atom. The van der Waals surface area contributed by atoms with Crippen LogP contribution in [-0.2, 0) is 14.4 Å². The van der Waals surface area contributed by atoms with E-state index in [0.717, 1.165) is 12.8 Å². The molecule has 0 spiro atoms. The minimum atomic E-state index is -0.813. The summed E-state index contributed by atoms with van der Waals surface area (Å²) in [5.74, 6) is -1.44. The van der Waals surface area contributed by atoms with Gasteiger partial charge in [0, 0.05) is 25.6 Å². The first-order valence-electron chi connectivity index (χ1n) is 8.31. The molecule has 6 nitrogen and oxygen atoms in total. The minimum Gasteiger partial charge on any atom is -0.481 e. The summed E-state index contributed by atoms with van der Waals surface area (Å²) < 4.78 is 0. The molecular weight excluding hydrogens is 284 g/mol. The highest BCUT2D eigenvalue weighted by molar-refractivity contribution is 5.89. The normalized spacial score (nSPS) is 27.9. The zero-order chi connectivity index (χ0) is 16.3. The molecule has 0 aromatic heterocycles. The van der Waals surface area contributed by atoms with Crippen molar-refractivity contribution in [2.45, 2.75) is 52.0 Å². The van der Waals surface area contributed by atoms with E-state index in [1.54, 1.807) is 9.80 Å². The number of aliphatic carboxylic acids is 1. The van der Waals surface area contributed by atoms with Crippen LogP contribution in [0.2, 0.25) is 0 Å². The Balaban J connectivity index is 2.03. The van der Waals surface area contributed by atoms with Crippen LogP contribution in [0.1, 0.15) is 46.0 Å². The molecule has 0 aromatic carbocycles. The third kappa shape index (κ3) is 3.25. The number of rotatable bonds is 5. The van der Waals surface area contributed by atoms with Gasteiger partial charge in [0.1, 0.15) is 6.04 Å². The van der Waals surface area contributed by atoms with Crippen LogP contribution in [0, 0.1) is 11.8 Å². The van der Waals surface area contributed by atoms with Gasteiger partial charge in [-0.25, -0.2) is 0 Å². The van der Waals surface area contributed by atoms with Crippen molar-refractivity contribution in [3.8, 4) is 0 Å². The van der Waals surface area contributed by atoms with Crippen LogP contribution in [-0.4, -0.2) is 58.4 Å². The standard InChI is InChI=1S/C16H26N2O4/c1-3-17(4-2)15(20)13-6-5-9-18(13)14(19)11-7-8-12(10-11)16(21)22/h11-13H,3-10H2,1-2H3,(H,21,22)/t11-,12+,13?/m1/s1. The lowest BCUT2D eigenvalue weighted by Gasteiger charge is -2.30. The molecule has 3 atom stereocenters. The van der Waals surface area contributed by atoms with Crippen LogP contribution >= 0.6 is 0 Å². The molecule has 0 bridgehead atoms. The van der Waals surface area contributed by atoms with E-state index >= 15 is 0 Å². The van der Waals surface area contributed by atoms with Gasteiger partial charge in [0.05, 0.1) is 5.92 Å². The Morgan fingerprint density at radius 1 is 1.09 bits per heavy atom. The number of nitrogens with zero attached hydrogens (tertiary/aromatic N) is 2. The average molecular weight is 310 g/mol. The van der Waals surface area contributed by atoms with Gasteiger partial charge in [0.15, 0.2) is 0 Å². The predicted octanol–water partition coefficient (Wildman–Crippen LogP) is 1.35. The molecule has 2 rings (SSSR count). The van der Waals surface area contributed by atoms with Crippen molar-refractivity contribution >= 4 is 17.8 Å². The molecule has 1 aliphatic heterocycles. The number of hydrogen-bond donors (Lipinski definition) is 1. The van der Waals surface area contributed by atoms with Gasteiger partial charge in [-0.05, 0) is 46.0 Å². The maximum Gasteiger partial charge on any atom is 0.306 e. The Morgan fingerprint density at radius 3 is 2.27 bits per heavy atom. The molecule has 1 aliphatic carbocycles. The fourth-order valence-corrected chi connectivity index (χ4v) is 3.70. The van der Waals surface area contributed by atoms with E-state index in [-0.39, 0.29) is 23.8 Å². The first-order valence-corrected chi connectivity index (χ1v) is 8.31. The zero-order valence-electron chi connectivity index (χ0n) is 13.5. The molecule has 2 aliphatic rings. The van der Waals surface area contributed by atoms with Gasteiger partial charge in [-0.3, -0.25) is 14.4 Å². The van der Waals surface area contributed by atoms with Gasteiger partial charge in [-0.1, -0.05) is 0 Å². The summed E-state index contributed by atoms with van der Waals surface area (Å²) in [7, 11) is 0. The molecule has 124 valence electrons. The topological polar surface area (TPSA) is 77.9 Å². The quantitative estimate of drug-likeness (QED) is 0.831. The second-order valence-electron chi connectivity index (χ2n) is 6.25. The van der Waals surface area contributed by atoms with E-state index in [0.29, 0.717) is 38.9 Å². The van der Waals surface area contributed by atoms with Crippen LogP contribution in [0.5, 0.6) is 0 Å². The molecule has 1 unspecified atom stereocenters. The molecule has 6 heteroatoms. The second kappa shape index (κ2) is 7.11. The number of carboxylic acid groups (broad SMARTS) is 1. The molecule has 2 fully saturated rings. The number of hydrogen-bond acceptors (Lipinski definition) is 3. The minimum absolute atomic E-state index is 0.0215. The summed E-state index contributed by atoms with van der Waals surface area (Å²) in [5, 5.41) is 9.07. The SMILES string of the molecule is CCN(CC)C(=O)C1CCCN1C(=O)[C@@H]1CC[C@H](C(=O)O)C1. The van der Waals surface area contributed by atoms with Crippen molar-refractivity contribution in [1.82, 2.24) is 9.80 Å². The highest BCUT2D eigenvalue weighted by Crippen LogP contribution is 2.34. The first kappa shape index (κ1) is 16.8. The van der Waals surface area contributed by atoms with Gasteiger partial charge in [-0.2, -0.15) is 0 Å². The Kier molecular flexibility index (Phi) is 5.42. The van der Waals surface area contributed by atoms with Gasteiger partial charge in [-0.15, -0.1) is 0 Å². The lowest BCUT2D eigenvalue weighted by Crippen LogP contribution is -2.49. The lowest BCUT2D eigenvalue weighted by molar-refractivity contribution is -0.146. The summed E-state index contributed by atoms with van der Waals surface area (Å²) in [6, 6.07) is -0.351. The monoisotopic (exact) mass is 310 g/mol. The number of likely N-dealkylation sites (N-methyl/N-ethyl adjacent to an activating group) is 1. The maximum absolute atomic E-state index is 12.7. The molecule has 0 radical (unpaired) electrons. The van der Waals surface area contributed by atoms with Crippen molar-refractivity contribution in [3.63, 3.8) is 0 Å². The number of carbonyl (C=O) groups excluding carboxylic acids is 2. The second-order valence-corrected chi connectivity index (χ2v) is 6.25. The van der Waals surface area contributed by atoms with E-state index in [4.69, 9.17) is 5.11 Å². The summed E-state index contributed by atoms with van der Waals surface area (Å²) >= 11 is 0. The molecule has 0 aromatic rings. The van der Waals surface area contributed by atoms with Crippen LogP contribution in [0.15, 0.2) is 0 Å². The molecule has 2 amide bonds. The van der Waals surface area contributed by atoms with Crippen molar-refractivity contribution in [3.05, 3.63) is 0 Å². The molecular formula is C16H26N2O4. The summed E-state index contributed by atoms with van der Waals surface area (Å²) in [4.78, 5) is 39.8. The van der Waals surface area contributed by atoms with Gasteiger partial charge >= 0.3 is 5.97 Å². The molecule has 1 N–H and O–H groups in total. The largest absolute Gasteiger partial charge is 0.481 e. The van der Waals surface area contributed by atoms with Crippen molar-refractivity contribution in [2.75, 3.05) is 19.6 Å². The molecule has 1 saturated carbocycles. The highest BCUT2D eigenvalue weighted by atomic mass is 16.4. The fourth-order valence-electron chi connectivity index (χ4n) is 3.70. The van der Waals surface area contributed by atoms with Crippen molar-refractivity contribution in [1.29, 1.82) is 0 Å². The Hall–Kier alpha value is -1.59. The van der Waals surface area contributed by atoms with Crippen LogP contribution < -0.4 is 0 Å². The summed E-state index contributed by atoms with van der Waals surface area (Å²) in [5.41, 5.74) is 0. The van der Waals surface area contributed by atoms with Crippen LogP contribution in [0.25, 0.3) is 0 Å². The summed E-state index contributed by atoms with van der Waals surface area (Å²) in [6.45, 7) is 5.80. The highest BCUT2D eigenvalue weighted by Gasteiger charge is 2.41. The third-order valence-electron chi connectivity index (χ3n) is 5.03. The van der Waals surface area contributed by atoms with E-state index in [1.807, 2.05) is 13.8 Å². The maximum atomic E-state index is 12.7. The first-order chi connectivity index (χ1) is 10.5. The molecule has 1 saturated heterocycles. The zero-order valence-corrected chi connectivity index (χ0v) is 13.5. The Bertz CT molecular complexity index is 447. The van der Waals surface area contributed by atoms with Crippen LogP contribution in [0.3, 0.4) is 0 Å². The van der Waals surface area contributed by atoms with Gasteiger partial charge < -0.3 is 14.9 Å². The van der Waals surface area contributed by atoms with Gasteiger partial charge in [0.2, 0.25) is 11.8 Å². The van der Waals surface area contributed by atoms with E-state index in [1.165, 1.54) is 0 Å². The Labute approximate surface area is 131 Å². The van der Waals surface area contributed by atoms with Crippen LogP contribution in [0.4, 0.5) is 0 Å². The number of carboxylic acids is 1. The smallest absolute Gasteiger partial charge is 0.306 e.